The minimum absolute atomic E-state index is 0.0908. The first-order valence-corrected chi connectivity index (χ1v) is 11.5. The molecule has 2 aromatic rings. The number of aliphatic imine (C=N–C) groups is 1. The molecule has 1 heterocycles. The largest absolute Gasteiger partial charge is 0.352 e. The third-order valence-electron chi connectivity index (χ3n) is 4.37. The fourth-order valence-electron chi connectivity index (χ4n) is 2.38. The lowest BCUT2D eigenvalue weighted by Crippen LogP contribution is -2.36. The zero-order valence-corrected chi connectivity index (χ0v) is 18.7. The predicted molar refractivity (Wildman–Crippen MR) is 115 cm³/mol. The molecule has 2 N–H and O–H groups in total. The molecule has 0 radical (unpaired) electrons. The summed E-state index contributed by atoms with van der Waals surface area (Å²) in [7, 11) is -0.151. The fraction of sp³-hybridized carbons (Fsp3) is 0.474. The van der Waals surface area contributed by atoms with Crippen molar-refractivity contribution in [2.45, 2.75) is 51.2 Å². The molecule has 154 valence electrons. The van der Waals surface area contributed by atoms with Gasteiger partial charge in [-0.2, -0.15) is 4.31 Å². The van der Waals surface area contributed by atoms with Crippen LogP contribution in [0.3, 0.4) is 0 Å². The normalized spacial score (nSPS) is 12.6. The first-order chi connectivity index (χ1) is 13.3. The van der Waals surface area contributed by atoms with Crippen molar-refractivity contribution < 1.29 is 8.42 Å². The van der Waals surface area contributed by atoms with E-state index in [0.29, 0.717) is 23.9 Å². The molecule has 0 fully saturated rings. The van der Waals surface area contributed by atoms with Crippen LogP contribution in [0.1, 0.15) is 36.2 Å². The Hall–Kier alpha value is -1.97. The summed E-state index contributed by atoms with van der Waals surface area (Å²) < 4.78 is 26.4. The number of rotatable bonds is 8. The second-order valence-electron chi connectivity index (χ2n) is 6.61. The number of nitrogens with one attached hydrogen (secondary N) is 2. The molecule has 1 aromatic heterocycles. The molecule has 0 atom stereocenters. The molecule has 0 saturated heterocycles. The molecule has 0 bridgehead atoms. The Balaban J connectivity index is 1.92. The lowest BCUT2D eigenvalue weighted by Gasteiger charge is -2.21. The molecule has 7 nitrogen and oxygen atoms in total. The third-order valence-corrected chi connectivity index (χ3v) is 7.56. The van der Waals surface area contributed by atoms with Crippen LogP contribution < -0.4 is 10.6 Å². The number of hydrogen-bond donors (Lipinski definition) is 2. The number of sulfonamides is 1. The average molecular weight is 424 g/mol. The molecular formula is C19H29N5O2S2. The average Bonchev–Trinajstić information content (AvgIpc) is 3.15. The van der Waals surface area contributed by atoms with Crippen molar-refractivity contribution in [3.63, 3.8) is 0 Å². The highest BCUT2D eigenvalue weighted by Crippen LogP contribution is 2.17. The van der Waals surface area contributed by atoms with Gasteiger partial charge in [0.1, 0.15) is 5.01 Å². The van der Waals surface area contributed by atoms with E-state index in [1.165, 1.54) is 9.18 Å². The van der Waals surface area contributed by atoms with Crippen molar-refractivity contribution in [2.75, 3.05) is 14.1 Å². The van der Waals surface area contributed by atoms with Gasteiger partial charge in [0.25, 0.3) is 0 Å². The van der Waals surface area contributed by atoms with Crippen molar-refractivity contribution in [3.05, 3.63) is 45.9 Å². The third kappa shape index (κ3) is 5.76. The second-order valence-corrected chi connectivity index (χ2v) is 9.81. The molecule has 0 aliphatic carbocycles. The van der Waals surface area contributed by atoms with E-state index in [1.54, 1.807) is 37.6 Å². The Morgan fingerprint density at radius 1 is 1.21 bits per heavy atom. The summed E-state index contributed by atoms with van der Waals surface area (Å²) in [4.78, 5) is 10.2. The van der Waals surface area contributed by atoms with E-state index in [4.69, 9.17) is 0 Å². The standard InChI is InChI=1S/C19H29N5O2S2/c1-6-16-12-21-18(27-16)13-23-19(20-4)22-11-15-7-9-17(10-8-15)28(25,26)24(5)14(2)3/h7-10,12,14H,6,11,13H2,1-5H3,(H2,20,22,23). The molecule has 0 amide bonds. The lowest BCUT2D eigenvalue weighted by atomic mass is 10.2. The Bertz CT molecular complexity index is 889. The van der Waals surface area contributed by atoms with Crippen molar-refractivity contribution >= 4 is 27.3 Å². The number of guanidine groups is 1. The zero-order chi connectivity index (χ0) is 20.7. The smallest absolute Gasteiger partial charge is 0.243 e. The zero-order valence-electron chi connectivity index (χ0n) is 17.1. The second kappa shape index (κ2) is 9.99. The summed E-state index contributed by atoms with van der Waals surface area (Å²) in [6, 6.07) is 6.82. The number of aryl methyl sites for hydroxylation is 1. The molecule has 0 saturated carbocycles. The highest BCUT2D eigenvalue weighted by atomic mass is 32.2. The van der Waals surface area contributed by atoms with Gasteiger partial charge in [-0.15, -0.1) is 11.3 Å². The highest BCUT2D eigenvalue weighted by molar-refractivity contribution is 7.89. The maximum Gasteiger partial charge on any atom is 0.243 e. The monoisotopic (exact) mass is 423 g/mol. The number of benzene rings is 1. The first-order valence-electron chi connectivity index (χ1n) is 9.23. The van der Waals surface area contributed by atoms with Crippen LogP contribution in [0.4, 0.5) is 0 Å². The molecule has 2 rings (SSSR count). The molecule has 0 aliphatic heterocycles. The highest BCUT2D eigenvalue weighted by Gasteiger charge is 2.22. The molecule has 28 heavy (non-hydrogen) atoms. The number of thiazole rings is 1. The number of hydrogen-bond acceptors (Lipinski definition) is 5. The van der Waals surface area contributed by atoms with Gasteiger partial charge < -0.3 is 10.6 Å². The van der Waals surface area contributed by atoms with Gasteiger partial charge in [-0.25, -0.2) is 13.4 Å². The van der Waals surface area contributed by atoms with Crippen molar-refractivity contribution in [1.29, 1.82) is 0 Å². The fourth-order valence-corrected chi connectivity index (χ4v) is 4.55. The van der Waals surface area contributed by atoms with E-state index < -0.39 is 10.0 Å². The Morgan fingerprint density at radius 3 is 2.39 bits per heavy atom. The van der Waals surface area contributed by atoms with E-state index >= 15 is 0 Å². The van der Waals surface area contributed by atoms with Crippen LogP contribution in [-0.2, 0) is 29.5 Å². The topological polar surface area (TPSA) is 86.7 Å². The minimum atomic E-state index is -3.46. The van der Waals surface area contributed by atoms with Crippen LogP contribution in [0.25, 0.3) is 0 Å². The molecule has 1 aromatic carbocycles. The van der Waals surface area contributed by atoms with Crippen LogP contribution in [0, 0.1) is 0 Å². The maximum absolute atomic E-state index is 12.5. The van der Waals surface area contributed by atoms with Gasteiger partial charge in [-0.3, -0.25) is 4.99 Å². The van der Waals surface area contributed by atoms with Crippen LogP contribution >= 0.6 is 11.3 Å². The Morgan fingerprint density at radius 2 is 1.86 bits per heavy atom. The number of nitrogens with zero attached hydrogens (tertiary/aromatic N) is 3. The summed E-state index contributed by atoms with van der Waals surface area (Å²) in [6.45, 7) is 6.97. The number of aromatic nitrogens is 1. The van der Waals surface area contributed by atoms with Gasteiger partial charge in [0.15, 0.2) is 5.96 Å². The van der Waals surface area contributed by atoms with Crippen LogP contribution in [0.15, 0.2) is 40.4 Å². The van der Waals surface area contributed by atoms with Crippen molar-refractivity contribution in [1.82, 2.24) is 19.9 Å². The van der Waals surface area contributed by atoms with E-state index in [0.717, 1.165) is 17.0 Å². The summed E-state index contributed by atoms with van der Waals surface area (Å²) in [5.41, 5.74) is 0.969. The van der Waals surface area contributed by atoms with Gasteiger partial charge in [0.2, 0.25) is 10.0 Å². The van der Waals surface area contributed by atoms with Crippen LogP contribution in [0.5, 0.6) is 0 Å². The van der Waals surface area contributed by atoms with Crippen molar-refractivity contribution in [3.8, 4) is 0 Å². The maximum atomic E-state index is 12.5. The summed E-state index contributed by atoms with van der Waals surface area (Å²) in [5.74, 6) is 0.671. The molecule has 0 aliphatic rings. The van der Waals surface area contributed by atoms with Gasteiger partial charge in [0.05, 0.1) is 11.4 Å². The van der Waals surface area contributed by atoms with Crippen LogP contribution in [0.2, 0.25) is 0 Å². The Labute approximate surface area is 172 Å². The van der Waals surface area contributed by atoms with E-state index in [1.807, 2.05) is 32.2 Å². The SMILES string of the molecule is CCc1cnc(CNC(=NC)NCc2ccc(S(=O)(=O)N(C)C(C)C)cc2)s1. The minimum Gasteiger partial charge on any atom is -0.352 e. The summed E-state index contributed by atoms with van der Waals surface area (Å²) in [6.07, 6.45) is 2.90. The molecule has 0 spiro atoms. The van der Waals surface area contributed by atoms with E-state index in [-0.39, 0.29) is 6.04 Å². The molecular weight excluding hydrogens is 394 g/mol. The van der Waals surface area contributed by atoms with Gasteiger partial charge >= 0.3 is 0 Å². The van der Waals surface area contributed by atoms with E-state index in [2.05, 4.69) is 27.5 Å². The van der Waals surface area contributed by atoms with Gasteiger partial charge in [-0.05, 0) is 38.0 Å². The summed E-state index contributed by atoms with van der Waals surface area (Å²) in [5, 5.41) is 7.49. The first kappa shape index (κ1) is 22.3. The summed E-state index contributed by atoms with van der Waals surface area (Å²) >= 11 is 1.69. The van der Waals surface area contributed by atoms with E-state index in [9.17, 15) is 8.42 Å². The quantitative estimate of drug-likeness (QED) is 0.503. The van der Waals surface area contributed by atoms with Gasteiger partial charge in [-0.1, -0.05) is 19.1 Å². The predicted octanol–water partition coefficient (Wildman–Crippen LogP) is 2.60. The molecule has 9 heteroatoms. The molecule has 0 unspecified atom stereocenters. The Kier molecular flexibility index (Phi) is 7.97. The van der Waals surface area contributed by atoms with Crippen LogP contribution in [-0.4, -0.2) is 43.8 Å². The van der Waals surface area contributed by atoms with Crippen molar-refractivity contribution in [2.24, 2.45) is 4.99 Å². The lowest BCUT2D eigenvalue weighted by molar-refractivity contribution is 0.410. The van der Waals surface area contributed by atoms with Gasteiger partial charge in [0, 0.05) is 37.8 Å².